The molecule has 0 saturated carbocycles. The van der Waals surface area contributed by atoms with E-state index in [9.17, 15) is 14.4 Å². The minimum absolute atomic E-state index is 0.0850. The summed E-state index contributed by atoms with van der Waals surface area (Å²) in [6, 6.07) is 0. The van der Waals surface area contributed by atoms with E-state index >= 15 is 0 Å². The quantitative estimate of drug-likeness (QED) is 0.539. The van der Waals surface area contributed by atoms with Gasteiger partial charge >= 0.3 is 0 Å². The Morgan fingerprint density at radius 3 is 1.75 bits per heavy atom. The highest BCUT2D eigenvalue weighted by Crippen LogP contribution is 2.43. The monoisotopic (exact) mass is 447 g/mol. The Hall–Kier alpha value is -1.35. The van der Waals surface area contributed by atoms with Gasteiger partial charge in [0.2, 0.25) is 5.91 Å². The Morgan fingerprint density at radius 1 is 0.750 bits per heavy atom. The van der Waals surface area contributed by atoms with Crippen molar-refractivity contribution in [2.45, 2.75) is 49.6 Å². The SMILES string of the molecule is COC[C@@]1(CC2CCN(C[C@]3(COC)C(=O)C4CCN3CC4)C2=O)C(=O)C2CCN1CC2. The predicted octanol–water partition coefficient (Wildman–Crippen LogP) is 0.585. The van der Waals surface area contributed by atoms with E-state index < -0.39 is 11.1 Å². The number of methoxy groups -OCH3 is 2. The van der Waals surface area contributed by atoms with Gasteiger partial charge in [-0.15, -0.1) is 0 Å². The molecule has 7 fully saturated rings. The van der Waals surface area contributed by atoms with Crippen LogP contribution in [0.1, 0.15) is 38.5 Å². The second kappa shape index (κ2) is 8.46. The van der Waals surface area contributed by atoms with Crippen LogP contribution >= 0.6 is 0 Å². The Morgan fingerprint density at radius 2 is 1.25 bits per heavy atom. The molecule has 0 spiro atoms. The summed E-state index contributed by atoms with van der Waals surface area (Å²) in [4.78, 5) is 46.6. The van der Waals surface area contributed by atoms with Gasteiger partial charge in [0.15, 0.2) is 11.6 Å². The fourth-order valence-corrected chi connectivity index (χ4v) is 7.40. The van der Waals surface area contributed by atoms with Crippen molar-refractivity contribution in [3.63, 3.8) is 0 Å². The number of amides is 1. The molecule has 8 nitrogen and oxygen atoms in total. The number of hydrogen-bond donors (Lipinski definition) is 0. The van der Waals surface area contributed by atoms with Crippen molar-refractivity contribution in [2.24, 2.45) is 17.8 Å². The summed E-state index contributed by atoms with van der Waals surface area (Å²) in [5.74, 6) is 0.605. The number of carbonyl (C=O) groups excluding carboxylic acids is 3. The summed E-state index contributed by atoms with van der Waals surface area (Å²) in [5.41, 5.74) is -1.38. The van der Waals surface area contributed by atoms with E-state index in [2.05, 4.69) is 9.80 Å². The third-order valence-electron chi connectivity index (χ3n) is 9.07. The largest absolute Gasteiger partial charge is 0.382 e. The molecule has 0 aromatic rings. The lowest BCUT2D eigenvalue weighted by Gasteiger charge is -2.53. The van der Waals surface area contributed by atoms with Gasteiger partial charge in [-0.05, 0) is 64.7 Å². The average molecular weight is 448 g/mol. The molecule has 1 amide bonds. The fourth-order valence-electron chi connectivity index (χ4n) is 7.40. The van der Waals surface area contributed by atoms with Gasteiger partial charge in [-0.2, -0.15) is 0 Å². The minimum atomic E-state index is -0.714. The summed E-state index contributed by atoms with van der Waals surface area (Å²) in [6.07, 6.45) is 4.94. The Kier molecular flexibility index (Phi) is 5.93. The maximum absolute atomic E-state index is 13.6. The summed E-state index contributed by atoms with van der Waals surface area (Å²) < 4.78 is 11.1. The number of nitrogens with zero attached hydrogens (tertiary/aromatic N) is 3. The van der Waals surface area contributed by atoms with Gasteiger partial charge in [0.1, 0.15) is 11.1 Å². The molecule has 3 atom stereocenters. The Balaban J connectivity index is 1.33. The molecule has 0 N–H and O–H groups in total. The molecule has 7 aliphatic rings. The van der Waals surface area contributed by atoms with Crippen LogP contribution in [0.15, 0.2) is 0 Å². The van der Waals surface area contributed by atoms with Crippen LogP contribution in [0.3, 0.4) is 0 Å². The van der Waals surface area contributed by atoms with Crippen molar-refractivity contribution < 1.29 is 23.9 Å². The van der Waals surface area contributed by atoms with Crippen molar-refractivity contribution >= 4 is 17.5 Å². The summed E-state index contributed by atoms with van der Waals surface area (Å²) in [5, 5.41) is 0. The molecule has 8 heteroatoms. The van der Waals surface area contributed by atoms with Gasteiger partial charge in [0, 0.05) is 45.1 Å². The second-order valence-electron chi connectivity index (χ2n) is 10.6. The highest BCUT2D eigenvalue weighted by atomic mass is 16.5. The maximum atomic E-state index is 13.6. The molecule has 0 radical (unpaired) electrons. The number of rotatable bonds is 8. The number of piperidine rings is 6. The molecule has 7 saturated heterocycles. The van der Waals surface area contributed by atoms with Crippen LogP contribution in [0.4, 0.5) is 0 Å². The maximum Gasteiger partial charge on any atom is 0.225 e. The lowest BCUT2D eigenvalue weighted by Crippen LogP contribution is -2.71. The van der Waals surface area contributed by atoms with Crippen molar-refractivity contribution in [1.82, 2.24) is 14.7 Å². The van der Waals surface area contributed by atoms with E-state index in [-0.39, 0.29) is 35.2 Å². The molecular formula is C24H37N3O5. The van der Waals surface area contributed by atoms with Crippen molar-refractivity contribution in [3.8, 4) is 0 Å². The molecule has 7 aliphatic heterocycles. The number of likely N-dealkylation sites (tertiary alicyclic amines) is 1. The lowest BCUT2D eigenvalue weighted by molar-refractivity contribution is -0.158. The number of ether oxygens (including phenoxy) is 2. The van der Waals surface area contributed by atoms with Gasteiger partial charge in [-0.3, -0.25) is 24.2 Å². The van der Waals surface area contributed by atoms with Crippen LogP contribution in [-0.2, 0) is 23.9 Å². The number of carbonyl (C=O) groups is 3. The molecule has 178 valence electrons. The Labute approximate surface area is 190 Å². The first-order chi connectivity index (χ1) is 15.4. The molecule has 0 aromatic carbocycles. The average Bonchev–Trinajstić information content (AvgIpc) is 3.14. The normalized spacial score (nSPS) is 43.5. The molecule has 7 rings (SSSR count). The zero-order valence-electron chi connectivity index (χ0n) is 19.5. The van der Waals surface area contributed by atoms with E-state index in [0.29, 0.717) is 32.7 Å². The third-order valence-corrected chi connectivity index (χ3v) is 9.07. The van der Waals surface area contributed by atoms with E-state index in [0.717, 1.165) is 58.3 Å². The molecule has 7 heterocycles. The first-order valence-electron chi connectivity index (χ1n) is 12.3. The van der Waals surface area contributed by atoms with Gasteiger partial charge < -0.3 is 14.4 Å². The molecule has 4 bridgehead atoms. The van der Waals surface area contributed by atoms with Crippen LogP contribution in [0.25, 0.3) is 0 Å². The van der Waals surface area contributed by atoms with Crippen LogP contribution in [0, 0.1) is 17.8 Å². The van der Waals surface area contributed by atoms with E-state index in [1.54, 1.807) is 14.2 Å². The number of hydrogen-bond acceptors (Lipinski definition) is 7. The molecular weight excluding hydrogens is 410 g/mol. The van der Waals surface area contributed by atoms with E-state index in [4.69, 9.17) is 9.47 Å². The summed E-state index contributed by atoms with van der Waals surface area (Å²) >= 11 is 0. The predicted molar refractivity (Wildman–Crippen MR) is 117 cm³/mol. The summed E-state index contributed by atoms with van der Waals surface area (Å²) in [7, 11) is 3.29. The number of fused-ring (bicyclic) bond motifs is 6. The lowest BCUT2D eigenvalue weighted by atomic mass is 9.69. The van der Waals surface area contributed by atoms with Crippen LogP contribution in [0.2, 0.25) is 0 Å². The first kappa shape index (κ1) is 22.4. The smallest absolute Gasteiger partial charge is 0.225 e. The topological polar surface area (TPSA) is 79.4 Å². The zero-order valence-corrected chi connectivity index (χ0v) is 19.5. The Bertz CT molecular complexity index is 712. The first-order valence-corrected chi connectivity index (χ1v) is 12.3. The van der Waals surface area contributed by atoms with Crippen LogP contribution in [0.5, 0.6) is 0 Å². The standard InChI is InChI=1S/C24H37N3O5/c1-31-15-23(20(28)17-4-9-26(23)10-5-17)13-19-3-8-25(22(19)30)14-24(16-32-2)21(29)18-6-11-27(24)12-7-18/h17-19H,3-16H2,1-2H3/t19?,23-,24-/m0/s1. The van der Waals surface area contributed by atoms with Gasteiger partial charge in [-0.1, -0.05) is 0 Å². The van der Waals surface area contributed by atoms with Crippen molar-refractivity contribution in [1.29, 1.82) is 0 Å². The highest BCUT2D eigenvalue weighted by molar-refractivity contribution is 5.95. The van der Waals surface area contributed by atoms with E-state index in [1.165, 1.54) is 0 Å². The van der Waals surface area contributed by atoms with Gasteiger partial charge in [-0.25, -0.2) is 0 Å². The van der Waals surface area contributed by atoms with Crippen molar-refractivity contribution in [2.75, 3.05) is 66.7 Å². The minimum Gasteiger partial charge on any atom is -0.382 e. The molecule has 0 aliphatic carbocycles. The zero-order chi connectivity index (χ0) is 22.5. The number of ketones is 2. The number of Topliss-reactive ketones (excluding diaryl/α,β-unsaturated/α-hetero) is 2. The summed E-state index contributed by atoms with van der Waals surface area (Å²) in [6.45, 7) is 5.34. The molecule has 32 heavy (non-hydrogen) atoms. The van der Waals surface area contributed by atoms with Crippen LogP contribution in [-0.4, -0.2) is 110 Å². The van der Waals surface area contributed by atoms with Crippen LogP contribution < -0.4 is 0 Å². The third kappa shape index (κ3) is 3.29. The van der Waals surface area contributed by atoms with Gasteiger partial charge in [0.25, 0.3) is 0 Å². The highest BCUT2D eigenvalue weighted by Gasteiger charge is 2.57. The van der Waals surface area contributed by atoms with Crippen molar-refractivity contribution in [3.05, 3.63) is 0 Å². The molecule has 1 unspecified atom stereocenters. The van der Waals surface area contributed by atoms with Gasteiger partial charge in [0.05, 0.1) is 13.2 Å². The van der Waals surface area contributed by atoms with E-state index in [1.807, 2.05) is 4.90 Å². The second-order valence-corrected chi connectivity index (χ2v) is 10.6. The molecule has 0 aromatic heterocycles. The fraction of sp³-hybridized carbons (Fsp3) is 0.875.